The van der Waals surface area contributed by atoms with E-state index in [0.29, 0.717) is 18.0 Å². The van der Waals surface area contributed by atoms with Gasteiger partial charge in [-0.3, -0.25) is 0 Å². The summed E-state index contributed by atoms with van der Waals surface area (Å²) >= 11 is 0. The lowest BCUT2D eigenvalue weighted by molar-refractivity contribution is 0.0804. The maximum Gasteiger partial charge on any atom is 0.272 e. The van der Waals surface area contributed by atoms with Crippen LogP contribution in [0.3, 0.4) is 0 Å². The van der Waals surface area contributed by atoms with E-state index in [1.165, 1.54) is 7.11 Å². The predicted octanol–water partition coefficient (Wildman–Crippen LogP) is 3.23. The minimum Gasteiger partial charge on any atom is -0.493 e. The van der Waals surface area contributed by atoms with Gasteiger partial charge in [0.05, 0.1) is 7.11 Å². The quantitative estimate of drug-likeness (QED) is 0.863. The van der Waals surface area contributed by atoms with Gasteiger partial charge in [-0.2, -0.15) is 0 Å². The Balaban J connectivity index is 2.72. The smallest absolute Gasteiger partial charge is 0.272 e. The van der Waals surface area contributed by atoms with Crippen LogP contribution < -0.4 is 14.8 Å². The summed E-state index contributed by atoms with van der Waals surface area (Å²) in [5, 5.41) is 3.34. The largest absolute Gasteiger partial charge is 0.493 e. The molecule has 1 N–H and O–H groups in total. The van der Waals surface area contributed by atoms with Gasteiger partial charge in [-0.15, -0.1) is 0 Å². The first kappa shape index (κ1) is 15.7. The van der Waals surface area contributed by atoms with Crippen LogP contribution in [0.2, 0.25) is 0 Å². The minimum atomic E-state index is -2.49. The van der Waals surface area contributed by atoms with E-state index < -0.39 is 13.0 Å². The van der Waals surface area contributed by atoms with Crippen LogP contribution in [-0.4, -0.2) is 25.7 Å². The Kier molecular flexibility index (Phi) is 5.54. The fraction of sp³-hybridized carbons (Fsp3) is 0.571. The number of rotatable bonds is 6. The normalized spacial score (nSPS) is 11.7. The van der Waals surface area contributed by atoms with E-state index >= 15 is 0 Å². The minimum absolute atomic E-state index is 0.0120. The van der Waals surface area contributed by atoms with E-state index in [9.17, 15) is 8.78 Å². The lowest BCUT2D eigenvalue weighted by Crippen LogP contribution is -2.35. The molecule has 1 aromatic rings. The van der Waals surface area contributed by atoms with Crippen molar-refractivity contribution in [2.45, 2.75) is 39.3 Å². The van der Waals surface area contributed by atoms with Crippen molar-refractivity contribution >= 4 is 0 Å². The van der Waals surface area contributed by atoms with Gasteiger partial charge in [0.1, 0.15) is 6.61 Å². The highest BCUT2D eigenvalue weighted by Crippen LogP contribution is 2.28. The molecule has 0 unspecified atom stereocenters. The fourth-order valence-electron chi connectivity index (χ4n) is 1.46. The van der Waals surface area contributed by atoms with Crippen molar-refractivity contribution in [1.82, 2.24) is 5.32 Å². The molecule has 0 saturated carbocycles. The summed E-state index contributed by atoms with van der Waals surface area (Å²) in [5.41, 5.74) is 1.02. The molecule has 0 amide bonds. The second-order valence-electron chi connectivity index (χ2n) is 5.29. The van der Waals surface area contributed by atoms with Gasteiger partial charge in [-0.25, -0.2) is 8.78 Å². The summed E-state index contributed by atoms with van der Waals surface area (Å²) in [6.45, 7) is 6.27. The van der Waals surface area contributed by atoms with Crippen LogP contribution in [0.25, 0.3) is 0 Å². The summed E-state index contributed by atoms with van der Waals surface area (Å²) in [6.07, 6.45) is -2.49. The molecule has 0 fully saturated rings. The third-order valence-electron chi connectivity index (χ3n) is 2.42. The van der Waals surface area contributed by atoms with Crippen molar-refractivity contribution in [2.24, 2.45) is 0 Å². The topological polar surface area (TPSA) is 30.5 Å². The number of hydrogen-bond donors (Lipinski definition) is 1. The Morgan fingerprint density at radius 2 is 1.89 bits per heavy atom. The number of nitrogens with one attached hydrogen (secondary N) is 1. The zero-order valence-electron chi connectivity index (χ0n) is 11.8. The number of halogens is 2. The average Bonchev–Trinajstić information content (AvgIpc) is 2.33. The molecule has 5 heteroatoms. The van der Waals surface area contributed by atoms with Crippen LogP contribution in [0, 0.1) is 0 Å². The van der Waals surface area contributed by atoms with Crippen LogP contribution in [0.4, 0.5) is 8.78 Å². The molecule has 0 aliphatic carbocycles. The third-order valence-corrected chi connectivity index (χ3v) is 2.42. The lowest BCUT2D eigenvalue weighted by atomic mass is 10.1. The van der Waals surface area contributed by atoms with Crippen molar-refractivity contribution in [3.63, 3.8) is 0 Å². The Morgan fingerprint density at radius 1 is 1.21 bits per heavy atom. The SMILES string of the molecule is COc1cc(CNC(C)(C)C)ccc1OCC(F)F. The number of alkyl halides is 2. The molecule has 3 nitrogen and oxygen atoms in total. The number of ether oxygens (including phenoxy) is 2. The molecule has 1 aromatic carbocycles. The lowest BCUT2D eigenvalue weighted by Gasteiger charge is -2.21. The second kappa shape index (κ2) is 6.70. The molecule has 0 aliphatic heterocycles. The molecule has 0 spiro atoms. The van der Waals surface area contributed by atoms with Gasteiger partial charge in [-0.05, 0) is 38.5 Å². The Bertz CT molecular complexity index is 403. The Morgan fingerprint density at radius 3 is 2.42 bits per heavy atom. The fourth-order valence-corrected chi connectivity index (χ4v) is 1.46. The van der Waals surface area contributed by atoms with E-state index in [1.54, 1.807) is 12.1 Å². The third kappa shape index (κ3) is 5.87. The molecule has 1 rings (SSSR count). The highest BCUT2D eigenvalue weighted by molar-refractivity contribution is 5.43. The van der Waals surface area contributed by atoms with Crippen molar-refractivity contribution in [3.8, 4) is 11.5 Å². The molecule has 0 radical (unpaired) electrons. The van der Waals surface area contributed by atoms with E-state index in [-0.39, 0.29) is 5.54 Å². The Hall–Kier alpha value is -1.36. The first-order valence-electron chi connectivity index (χ1n) is 6.14. The molecule has 108 valence electrons. The van der Waals surface area contributed by atoms with Crippen molar-refractivity contribution in [3.05, 3.63) is 23.8 Å². The standard InChI is InChI=1S/C14H21F2NO2/c1-14(2,3)17-8-10-5-6-11(12(7-10)18-4)19-9-13(15)16/h5-7,13,17H,8-9H2,1-4H3. The number of hydrogen-bond acceptors (Lipinski definition) is 3. The summed E-state index contributed by atoms with van der Waals surface area (Å²) in [4.78, 5) is 0. The number of benzene rings is 1. The van der Waals surface area contributed by atoms with Gasteiger partial charge in [-0.1, -0.05) is 6.07 Å². The average molecular weight is 273 g/mol. The molecule has 0 aliphatic rings. The highest BCUT2D eigenvalue weighted by Gasteiger charge is 2.11. The van der Waals surface area contributed by atoms with Crippen LogP contribution >= 0.6 is 0 Å². The molecular formula is C14H21F2NO2. The first-order valence-corrected chi connectivity index (χ1v) is 6.14. The zero-order valence-corrected chi connectivity index (χ0v) is 11.8. The zero-order chi connectivity index (χ0) is 14.5. The van der Waals surface area contributed by atoms with Gasteiger partial charge < -0.3 is 14.8 Å². The summed E-state index contributed by atoms with van der Waals surface area (Å²) < 4.78 is 34.4. The maximum atomic E-state index is 12.1. The maximum absolute atomic E-state index is 12.1. The Labute approximate surface area is 112 Å². The van der Waals surface area contributed by atoms with Gasteiger partial charge >= 0.3 is 0 Å². The van der Waals surface area contributed by atoms with Crippen molar-refractivity contribution in [2.75, 3.05) is 13.7 Å². The summed E-state index contributed by atoms with van der Waals surface area (Å²) in [7, 11) is 1.49. The van der Waals surface area contributed by atoms with Crippen LogP contribution in [0.5, 0.6) is 11.5 Å². The molecule has 0 saturated heterocycles. The van der Waals surface area contributed by atoms with Gasteiger partial charge in [0.25, 0.3) is 6.43 Å². The van der Waals surface area contributed by atoms with Crippen LogP contribution in [0.15, 0.2) is 18.2 Å². The van der Waals surface area contributed by atoms with Crippen LogP contribution in [0.1, 0.15) is 26.3 Å². The summed E-state index contributed by atoms with van der Waals surface area (Å²) in [5.74, 6) is 0.802. The van der Waals surface area contributed by atoms with Gasteiger partial charge in [0.2, 0.25) is 0 Å². The van der Waals surface area contributed by atoms with Crippen molar-refractivity contribution < 1.29 is 18.3 Å². The number of methoxy groups -OCH3 is 1. The highest BCUT2D eigenvalue weighted by atomic mass is 19.3. The van der Waals surface area contributed by atoms with Crippen LogP contribution in [-0.2, 0) is 6.54 Å². The van der Waals surface area contributed by atoms with E-state index in [1.807, 2.05) is 6.07 Å². The molecule has 0 aromatic heterocycles. The van der Waals surface area contributed by atoms with E-state index in [4.69, 9.17) is 9.47 Å². The van der Waals surface area contributed by atoms with E-state index in [0.717, 1.165) is 5.56 Å². The van der Waals surface area contributed by atoms with Crippen molar-refractivity contribution in [1.29, 1.82) is 0 Å². The first-order chi connectivity index (χ1) is 8.81. The van der Waals surface area contributed by atoms with Gasteiger partial charge in [0, 0.05) is 12.1 Å². The molecule has 0 bridgehead atoms. The van der Waals surface area contributed by atoms with Gasteiger partial charge in [0.15, 0.2) is 11.5 Å². The molecule has 0 atom stereocenters. The molecule has 0 heterocycles. The van der Waals surface area contributed by atoms with E-state index in [2.05, 4.69) is 26.1 Å². The second-order valence-corrected chi connectivity index (χ2v) is 5.29. The molecule has 19 heavy (non-hydrogen) atoms. The predicted molar refractivity (Wildman–Crippen MR) is 71.1 cm³/mol. The molecular weight excluding hydrogens is 252 g/mol. The summed E-state index contributed by atoms with van der Waals surface area (Å²) in [6, 6.07) is 5.28. The monoisotopic (exact) mass is 273 g/mol.